The Morgan fingerprint density at radius 3 is 1.10 bits per heavy atom. The zero-order valence-corrected chi connectivity index (χ0v) is 52.4. The Kier molecular flexibility index (Phi) is 41.2. The van der Waals surface area contributed by atoms with Gasteiger partial charge in [-0.05, 0) is 199 Å². The van der Waals surface area contributed by atoms with Gasteiger partial charge in [0.2, 0.25) is 5.67 Å². The number of fused-ring (bicyclic) bond motifs is 6. The number of hydrogen-bond acceptors (Lipinski definition) is 18. The maximum atomic E-state index is 13.7. The molecule has 0 aromatic rings. The molecule has 19 heteroatoms. The van der Waals surface area contributed by atoms with Crippen molar-refractivity contribution in [2.24, 2.45) is 93.7 Å². The summed E-state index contributed by atoms with van der Waals surface area (Å²) in [4.78, 5) is 84.1. The third-order valence-corrected chi connectivity index (χ3v) is 20.6. The maximum absolute atomic E-state index is 13.7. The van der Waals surface area contributed by atoms with Gasteiger partial charge in [-0.1, -0.05) is 94.0 Å². The first kappa shape index (κ1) is 91.3. The molecule has 0 spiro atoms. The second kappa shape index (κ2) is 41.1. The Bertz CT molecular complexity index is 2140. The minimum Gasteiger partial charge on any atom is -0.462 e. The van der Waals surface area contributed by atoms with Crippen LogP contribution < -0.4 is 0 Å². The summed E-state index contributed by atoms with van der Waals surface area (Å²) in [5, 5.41) is 0. The molecule has 91 heavy (non-hydrogen) atoms. The van der Waals surface area contributed by atoms with E-state index in [4.69, 9.17) is 52.1 Å². The first-order valence-corrected chi connectivity index (χ1v) is 31.5. The highest BCUT2D eigenvalue weighted by atomic mass is 19.1. The van der Waals surface area contributed by atoms with Gasteiger partial charge in [0.15, 0.2) is 27.2 Å². The summed E-state index contributed by atoms with van der Waals surface area (Å²) in [7, 11) is 2.98. The van der Waals surface area contributed by atoms with Crippen LogP contribution in [0.3, 0.4) is 0 Å². The molecule has 10 fully saturated rings. The van der Waals surface area contributed by atoms with Gasteiger partial charge in [-0.15, -0.1) is 0 Å². The molecule has 14 unspecified atom stereocenters. The maximum Gasteiger partial charge on any atom is 0.345 e. The van der Waals surface area contributed by atoms with E-state index in [1.54, 1.807) is 6.92 Å². The number of carbonyl (C=O) groups excluding carboxylic acids is 7. The highest BCUT2D eigenvalue weighted by Crippen LogP contribution is 2.56. The minimum atomic E-state index is -1.90. The zero-order valence-electron chi connectivity index (χ0n) is 52.4. The fourth-order valence-corrected chi connectivity index (χ4v) is 14.7. The highest BCUT2D eigenvalue weighted by molar-refractivity contribution is 5.79. The third kappa shape index (κ3) is 23.7. The number of methoxy groups -OCH3 is 2. The SMILES string of the molecule is C.C.C.C.C.C.C.C.CCC(C)(C)C(=O)OC1CC2CC(C(=O)OCOC)C1C2.CCC(C)(F)C(=O)OCOC1C2CC3CC(C2)CC1C3.CCC(C)C(=O)OC1CC2CC(C(=O)OCOC)C1C2.CCOCOC(=O)C1CC2CC(OC(=O)C(C)(C)CC)C1C2. The van der Waals surface area contributed by atoms with Crippen LogP contribution in [0.5, 0.6) is 0 Å². The Hall–Kier alpha value is -3.94. The van der Waals surface area contributed by atoms with Gasteiger partial charge in [-0.25, -0.2) is 9.18 Å². The average molecular weight is 1310 g/mol. The van der Waals surface area contributed by atoms with E-state index in [9.17, 15) is 38.0 Å². The van der Waals surface area contributed by atoms with Gasteiger partial charge < -0.3 is 52.1 Å². The van der Waals surface area contributed by atoms with E-state index in [-0.39, 0.29) is 195 Å². The van der Waals surface area contributed by atoms with Crippen LogP contribution in [0.25, 0.3) is 0 Å². The van der Waals surface area contributed by atoms with Gasteiger partial charge in [0.25, 0.3) is 0 Å². The van der Waals surface area contributed by atoms with Crippen LogP contribution in [0.15, 0.2) is 0 Å². The molecule has 0 N–H and O–H groups in total. The normalized spacial score (nSPS) is 30.9. The van der Waals surface area contributed by atoms with Crippen LogP contribution in [0, 0.1) is 93.7 Å². The zero-order chi connectivity index (χ0) is 61.0. The topological polar surface area (TPSA) is 221 Å². The lowest BCUT2D eigenvalue weighted by atomic mass is 9.55. The number of halogens is 1. The highest BCUT2D eigenvalue weighted by Gasteiger charge is 2.55. The Labute approximate surface area is 552 Å². The molecule has 10 rings (SSSR count). The molecule has 0 saturated heterocycles. The molecule has 0 aliphatic heterocycles. The number of hydrogen-bond donors (Lipinski definition) is 0. The lowest BCUT2D eigenvalue weighted by Gasteiger charge is -2.53. The van der Waals surface area contributed by atoms with Crippen molar-refractivity contribution in [1.82, 2.24) is 0 Å². The van der Waals surface area contributed by atoms with Crippen LogP contribution in [0.4, 0.5) is 4.39 Å². The van der Waals surface area contributed by atoms with Gasteiger partial charge in [-0.2, -0.15) is 0 Å². The molecule has 0 amide bonds. The van der Waals surface area contributed by atoms with Crippen molar-refractivity contribution in [2.45, 2.75) is 281 Å². The van der Waals surface area contributed by atoms with Gasteiger partial charge in [0, 0.05) is 38.6 Å². The van der Waals surface area contributed by atoms with E-state index in [1.807, 2.05) is 62.3 Å². The lowest BCUT2D eigenvalue weighted by molar-refractivity contribution is -0.194. The Morgan fingerprint density at radius 1 is 0.429 bits per heavy atom. The summed E-state index contributed by atoms with van der Waals surface area (Å²) in [5.74, 6) is 2.38. The molecule has 0 aromatic carbocycles. The Balaban J connectivity index is -0.00000110. The molecule has 10 saturated carbocycles. The summed E-state index contributed by atoms with van der Waals surface area (Å²) >= 11 is 0. The number of ether oxygens (including phenoxy) is 11. The minimum absolute atomic E-state index is 0. The average Bonchev–Trinajstić information content (AvgIpc) is 1.66. The molecule has 14 atom stereocenters. The second-order valence-electron chi connectivity index (χ2n) is 27.2. The Morgan fingerprint density at radius 2 is 0.780 bits per heavy atom. The molecule has 10 bridgehead atoms. The number of rotatable bonds is 24. The molecule has 538 valence electrons. The first-order valence-electron chi connectivity index (χ1n) is 31.5. The fraction of sp³-hybridized carbons (Fsp3) is 0.903. The van der Waals surface area contributed by atoms with Gasteiger partial charge in [0.05, 0.1) is 40.6 Å². The van der Waals surface area contributed by atoms with Crippen molar-refractivity contribution in [3.8, 4) is 0 Å². The first-order chi connectivity index (χ1) is 39.3. The van der Waals surface area contributed by atoms with Crippen molar-refractivity contribution >= 4 is 41.8 Å². The molecule has 0 aromatic heterocycles. The number of esters is 7. The molecule has 18 nitrogen and oxygen atoms in total. The van der Waals surface area contributed by atoms with Crippen molar-refractivity contribution in [2.75, 3.05) is 48.0 Å². The predicted molar refractivity (Wildman–Crippen MR) is 355 cm³/mol. The van der Waals surface area contributed by atoms with Gasteiger partial charge in [-0.3, -0.25) is 28.8 Å². The molecule has 0 heterocycles. The number of carbonyl (C=O) groups is 7. The van der Waals surface area contributed by atoms with E-state index in [0.29, 0.717) is 36.2 Å². The standard InChI is InChI=1S/C17H28O5.C16H25FO3.C16H26O5.C15H24O5.8CH4/c1-5-17(3,4)16(19)22-14-9-11-7-12(14)13(8-11)15(18)21-10-20-6-2;1-3-16(2,17)15(18)20-9-19-14-12-5-10-4-11(7-12)8-13(14)6-10;1-5-16(2,3)15(18)21-13-8-10-6-11(13)12(7-10)14(17)20-9-19-4;1-4-9(2)14(16)20-13-7-10-5-11(13)12(6-10)15(17)19-8-18-3;;;;;;;;/h11-14H,5-10H2,1-4H3;10-14H,3-9H2,1-2H3;10-13H,5-9H2,1-4H3;9-13H,4-8H2,1-3H3;8*1H4. The summed E-state index contributed by atoms with van der Waals surface area (Å²) in [5.41, 5.74) is -2.83. The quantitative estimate of drug-likeness (QED) is 0.0379. The fourth-order valence-electron chi connectivity index (χ4n) is 14.7. The monoisotopic (exact) mass is 1310 g/mol. The van der Waals surface area contributed by atoms with Crippen LogP contribution in [0.1, 0.15) is 251 Å². The molecule has 10 aliphatic carbocycles. The number of alkyl halides is 1. The largest absolute Gasteiger partial charge is 0.462 e. The third-order valence-electron chi connectivity index (χ3n) is 20.6. The van der Waals surface area contributed by atoms with E-state index in [0.717, 1.165) is 88.9 Å². The molecular formula is C72H135FO18. The van der Waals surface area contributed by atoms with E-state index >= 15 is 0 Å². The van der Waals surface area contributed by atoms with E-state index in [1.165, 1.54) is 53.2 Å². The summed E-state index contributed by atoms with van der Waals surface area (Å²) in [6.45, 7) is 20.6. The van der Waals surface area contributed by atoms with Crippen molar-refractivity contribution < 1.29 is 90.1 Å². The lowest BCUT2D eigenvalue weighted by Crippen LogP contribution is -2.49. The van der Waals surface area contributed by atoms with Gasteiger partial charge in [0.1, 0.15) is 18.3 Å². The van der Waals surface area contributed by atoms with E-state index in [2.05, 4.69) is 0 Å². The molecular weight excluding hydrogens is 1170 g/mol. The summed E-state index contributed by atoms with van der Waals surface area (Å²) in [6.07, 6.45) is 16.8. The van der Waals surface area contributed by atoms with Crippen LogP contribution in [-0.2, 0) is 85.7 Å². The van der Waals surface area contributed by atoms with E-state index < -0.39 is 22.5 Å². The van der Waals surface area contributed by atoms with Crippen molar-refractivity contribution in [3.63, 3.8) is 0 Å². The van der Waals surface area contributed by atoms with Gasteiger partial charge >= 0.3 is 41.8 Å². The summed E-state index contributed by atoms with van der Waals surface area (Å²) < 4.78 is 71.4. The second-order valence-corrected chi connectivity index (χ2v) is 27.2. The molecule has 10 aliphatic rings. The molecule has 0 radical (unpaired) electrons. The van der Waals surface area contributed by atoms with Crippen LogP contribution in [0.2, 0.25) is 0 Å². The smallest absolute Gasteiger partial charge is 0.345 e. The summed E-state index contributed by atoms with van der Waals surface area (Å²) in [6, 6.07) is 0. The van der Waals surface area contributed by atoms with Crippen molar-refractivity contribution in [1.29, 1.82) is 0 Å². The van der Waals surface area contributed by atoms with Crippen LogP contribution in [-0.4, -0.2) is 120 Å². The van der Waals surface area contributed by atoms with Crippen LogP contribution >= 0.6 is 0 Å². The van der Waals surface area contributed by atoms with Crippen molar-refractivity contribution in [3.05, 3.63) is 0 Å². The predicted octanol–water partition coefficient (Wildman–Crippen LogP) is 16.1.